The standard InChI is InChI=1S/C18H16FN3/c1-22-11-16(14-9-10-20-17-4-2-3-15(14)17)18(21-22)12-5-7-13(19)8-6-12/h5-11H,2-4H2,1H3. The van der Waals surface area contributed by atoms with E-state index in [1.54, 1.807) is 12.1 Å². The SMILES string of the molecule is Cn1cc(-c2ccnc3c2CCC3)c(-c2ccc(F)cc2)n1. The van der Waals surface area contributed by atoms with Crippen LogP contribution in [0.15, 0.2) is 42.7 Å². The molecule has 4 heteroatoms. The van der Waals surface area contributed by atoms with Crippen molar-refractivity contribution in [3.63, 3.8) is 0 Å². The molecule has 2 aromatic heterocycles. The first-order valence-corrected chi connectivity index (χ1v) is 7.49. The topological polar surface area (TPSA) is 30.7 Å². The van der Waals surface area contributed by atoms with Gasteiger partial charge in [-0.05, 0) is 60.7 Å². The van der Waals surface area contributed by atoms with Gasteiger partial charge < -0.3 is 0 Å². The molecule has 4 rings (SSSR count). The Morgan fingerprint density at radius 3 is 2.68 bits per heavy atom. The van der Waals surface area contributed by atoms with Crippen molar-refractivity contribution in [2.45, 2.75) is 19.3 Å². The van der Waals surface area contributed by atoms with Gasteiger partial charge in [0.05, 0.1) is 0 Å². The van der Waals surface area contributed by atoms with Crippen molar-refractivity contribution in [3.05, 3.63) is 59.8 Å². The fraction of sp³-hybridized carbons (Fsp3) is 0.222. The highest BCUT2D eigenvalue weighted by atomic mass is 19.1. The summed E-state index contributed by atoms with van der Waals surface area (Å²) in [7, 11) is 1.91. The summed E-state index contributed by atoms with van der Waals surface area (Å²) in [5, 5.41) is 4.59. The third kappa shape index (κ3) is 2.11. The molecule has 0 saturated heterocycles. The van der Waals surface area contributed by atoms with E-state index in [0.717, 1.165) is 36.1 Å². The Kier molecular flexibility index (Phi) is 3.03. The fourth-order valence-corrected chi connectivity index (χ4v) is 3.22. The maximum atomic E-state index is 13.2. The van der Waals surface area contributed by atoms with E-state index in [0.29, 0.717) is 0 Å². The summed E-state index contributed by atoms with van der Waals surface area (Å²) in [5.74, 6) is -0.231. The van der Waals surface area contributed by atoms with Crippen LogP contribution in [0, 0.1) is 5.82 Å². The minimum atomic E-state index is -0.231. The molecule has 0 bridgehead atoms. The summed E-state index contributed by atoms with van der Waals surface area (Å²) < 4.78 is 15.0. The van der Waals surface area contributed by atoms with Gasteiger partial charge in [-0.15, -0.1) is 0 Å². The minimum absolute atomic E-state index is 0.231. The van der Waals surface area contributed by atoms with Crippen LogP contribution < -0.4 is 0 Å². The molecule has 3 nitrogen and oxygen atoms in total. The van der Waals surface area contributed by atoms with Crippen LogP contribution in [-0.4, -0.2) is 14.8 Å². The molecule has 1 aliphatic rings. The van der Waals surface area contributed by atoms with Crippen LogP contribution >= 0.6 is 0 Å². The van der Waals surface area contributed by atoms with Crippen molar-refractivity contribution in [2.75, 3.05) is 0 Å². The molecule has 0 amide bonds. The van der Waals surface area contributed by atoms with E-state index in [4.69, 9.17) is 0 Å². The zero-order valence-corrected chi connectivity index (χ0v) is 12.4. The molecule has 1 aromatic carbocycles. The van der Waals surface area contributed by atoms with E-state index in [2.05, 4.69) is 16.1 Å². The van der Waals surface area contributed by atoms with Crippen molar-refractivity contribution >= 4 is 0 Å². The molecule has 2 heterocycles. The summed E-state index contributed by atoms with van der Waals surface area (Å²) in [6, 6.07) is 8.58. The molecule has 22 heavy (non-hydrogen) atoms. The molecule has 0 saturated carbocycles. The van der Waals surface area contributed by atoms with Crippen LogP contribution in [0.1, 0.15) is 17.7 Å². The number of halogens is 1. The second-order valence-corrected chi connectivity index (χ2v) is 5.71. The lowest BCUT2D eigenvalue weighted by Crippen LogP contribution is -1.92. The van der Waals surface area contributed by atoms with Crippen molar-refractivity contribution < 1.29 is 4.39 Å². The number of fused-ring (bicyclic) bond motifs is 1. The van der Waals surface area contributed by atoms with Gasteiger partial charge in [-0.1, -0.05) is 0 Å². The first-order chi connectivity index (χ1) is 10.7. The first-order valence-electron chi connectivity index (χ1n) is 7.49. The molecule has 0 radical (unpaired) electrons. The number of nitrogens with zero attached hydrogens (tertiary/aromatic N) is 3. The number of hydrogen-bond acceptors (Lipinski definition) is 2. The second kappa shape index (κ2) is 5.05. The molecule has 0 fully saturated rings. The Balaban J connectivity index is 1.90. The van der Waals surface area contributed by atoms with E-state index >= 15 is 0 Å². The third-order valence-corrected chi connectivity index (χ3v) is 4.22. The lowest BCUT2D eigenvalue weighted by molar-refractivity contribution is 0.628. The van der Waals surface area contributed by atoms with Crippen LogP contribution in [0.3, 0.4) is 0 Å². The number of hydrogen-bond donors (Lipinski definition) is 0. The van der Waals surface area contributed by atoms with Gasteiger partial charge in [0.25, 0.3) is 0 Å². The van der Waals surface area contributed by atoms with Gasteiger partial charge in [-0.2, -0.15) is 5.10 Å². The van der Waals surface area contributed by atoms with Gasteiger partial charge >= 0.3 is 0 Å². The van der Waals surface area contributed by atoms with Crippen molar-refractivity contribution in [1.29, 1.82) is 0 Å². The lowest BCUT2D eigenvalue weighted by atomic mass is 9.97. The monoisotopic (exact) mass is 293 g/mol. The molecule has 0 aliphatic heterocycles. The Morgan fingerprint density at radius 1 is 1.05 bits per heavy atom. The van der Waals surface area contributed by atoms with Crippen molar-refractivity contribution in [3.8, 4) is 22.4 Å². The first kappa shape index (κ1) is 13.2. The van der Waals surface area contributed by atoms with Crippen LogP contribution in [-0.2, 0) is 19.9 Å². The lowest BCUT2D eigenvalue weighted by Gasteiger charge is -2.08. The zero-order valence-electron chi connectivity index (χ0n) is 12.4. The molecule has 3 aromatic rings. The predicted molar refractivity (Wildman–Crippen MR) is 83.9 cm³/mol. The van der Waals surface area contributed by atoms with Gasteiger partial charge in [0.1, 0.15) is 11.5 Å². The number of aryl methyl sites for hydroxylation is 2. The highest BCUT2D eigenvalue weighted by Gasteiger charge is 2.20. The van der Waals surface area contributed by atoms with Crippen LogP contribution in [0.5, 0.6) is 0 Å². The second-order valence-electron chi connectivity index (χ2n) is 5.71. The number of benzene rings is 1. The predicted octanol–water partition coefficient (Wildman–Crippen LogP) is 3.78. The summed E-state index contributed by atoms with van der Waals surface area (Å²) in [6.45, 7) is 0. The third-order valence-electron chi connectivity index (χ3n) is 4.22. The van der Waals surface area contributed by atoms with Crippen LogP contribution in [0.4, 0.5) is 4.39 Å². The van der Waals surface area contributed by atoms with Crippen LogP contribution in [0.25, 0.3) is 22.4 Å². The highest BCUT2D eigenvalue weighted by Crippen LogP contribution is 2.36. The van der Waals surface area contributed by atoms with E-state index in [-0.39, 0.29) is 5.82 Å². The van der Waals surface area contributed by atoms with Gasteiger partial charge in [0.15, 0.2) is 0 Å². The molecule has 0 unspecified atom stereocenters. The molecule has 0 N–H and O–H groups in total. The van der Waals surface area contributed by atoms with E-state index < -0.39 is 0 Å². The maximum absolute atomic E-state index is 13.2. The summed E-state index contributed by atoms with van der Waals surface area (Å²) in [5.41, 5.74) is 6.65. The summed E-state index contributed by atoms with van der Waals surface area (Å²) in [6.07, 6.45) is 7.19. The van der Waals surface area contributed by atoms with Gasteiger partial charge in [0, 0.05) is 36.3 Å². The van der Waals surface area contributed by atoms with Gasteiger partial charge in [-0.3, -0.25) is 9.67 Å². The smallest absolute Gasteiger partial charge is 0.123 e. The number of pyridine rings is 1. The molecular weight excluding hydrogens is 277 g/mol. The van der Waals surface area contributed by atoms with Gasteiger partial charge in [0.2, 0.25) is 0 Å². The average molecular weight is 293 g/mol. The van der Waals surface area contributed by atoms with Gasteiger partial charge in [-0.25, -0.2) is 4.39 Å². The molecule has 110 valence electrons. The van der Waals surface area contributed by atoms with Crippen molar-refractivity contribution in [1.82, 2.24) is 14.8 Å². The maximum Gasteiger partial charge on any atom is 0.123 e. The number of rotatable bonds is 2. The quantitative estimate of drug-likeness (QED) is 0.720. The van der Waals surface area contributed by atoms with Crippen LogP contribution in [0.2, 0.25) is 0 Å². The molecule has 0 atom stereocenters. The van der Waals surface area contributed by atoms with E-state index in [1.807, 2.05) is 24.1 Å². The molecular formula is C18H16FN3. The summed E-state index contributed by atoms with van der Waals surface area (Å²) >= 11 is 0. The Bertz CT molecular complexity index is 834. The Morgan fingerprint density at radius 2 is 1.86 bits per heavy atom. The highest BCUT2D eigenvalue weighted by molar-refractivity contribution is 5.82. The Labute approximate surface area is 128 Å². The van der Waals surface area contributed by atoms with E-state index in [9.17, 15) is 4.39 Å². The minimum Gasteiger partial charge on any atom is -0.275 e. The zero-order chi connectivity index (χ0) is 15.1. The fourth-order valence-electron chi connectivity index (χ4n) is 3.22. The normalized spacial score (nSPS) is 13.4. The Hall–Kier alpha value is -2.49. The summed E-state index contributed by atoms with van der Waals surface area (Å²) in [4.78, 5) is 4.49. The number of aromatic nitrogens is 3. The van der Waals surface area contributed by atoms with E-state index in [1.165, 1.54) is 29.0 Å². The van der Waals surface area contributed by atoms with Crippen molar-refractivity contribution in [2.24, 2.45) is 7.05 Å². The molecule has 1 aliphatic carbocycles. The average Bonchev–Trinajstić information content (AvgIpc) is 3.14. The largest absolute Gasteiger partial charge is 0.275 e. The molecule has 0 spiro atoms.